The van der Waals surface area contributed by atoms with Crippen molar-refractivity contribution >= 4 is 5.97 Å². The minimum absolute atomic E-state index is 0.233. The van der Waals surface area contributed by atoms with Crippen LogP contribution in [0.15, 0.2) is 28.8 Å². The van der Waals surface area contributed by atoms with Crippen LogP contribution in [0.1, 0.15) is 17.5 Å². The van der Waals surface area contributed by atoms with E-state index in [1.807, 2.05) is 6.92 Å². The predicted molar refractivity (Wildman–Crippen MR) is 66.6 cm³/mol. The number of carbonyl (C=O) groups is 1. The number of carboxylic acids is 1. The number of rotatable bonds is 5. The molecule has 0 aliphatic rings. The lowest BCUT2D eigenvalue weighted by molar-refractivity contribution is 0.0652. The molecule has 1 aromatic carbocycles. The molecule has 1 N–H and O–H groups in total. The maximum Gasteiger partial charge on any atom is 0.374 e. The molecule has 0 bridgehead atoms. The minimum Gasteiger partial charge on any atom is -0.496 e. The third-order valence-corrected chi connectivity index (χ3v) is 2.48. The van der Waals surface area contributed by atoms with Gasteiger partial charge in [-0.1, -0.05) is 11.2 Å². The molecular formula is C13H13NO5. The number of carboxylic acid groups (broad SMARTS) is 1. The Hall–Kier alpha value is -2.50. The summed E-state index contributed by atoms with van der Waals surface area (Å²) in [7, 11) is 1.52. The number of hydrogen-bond donors (Lipinski definition) is 1. The molecule has 0 saturated carbocycles. The molecule has 0 aliphatic heterocycles. The highest BCUT2D eigenvalue weighted by Gasteiger charge is 2.19. The molecule has 0 unspecified atom stereocenters. The summed E-state index contributed by atoms with van der Waals surface area (Å²) in [5, 5.41) is 12.6. The highest BCUT2D eigenvalue weighted by atomic mass is 16.5. The quantitative estimate of drug-likeness (QED) is 0.892. The van der Waals surface area contributed by atoms with Crippen molar-refractivity contribution in [2.45, 2.75) is 6.92 Å². The smallest absolute Gasteiger partial charge is 0.374 e. The number of aromatic carboxylic acids is 1. The van der Waals surface area contributed by atoms with Crippen molar-refractivity contribution in [1.29, 1.82) is 0 Å². The standard InChI is InChI=1S/C13H13NO5/c1-3-18-10-6-4-5-9(17-2)12(10)8-7-11(13(15)16)19-14-8/h4-7H,3H2,1-2H3,(H,15,16). The van der Waals surface area contributed by atoms with Crippen molar-refractivity contribution in [3.63, 3.8) is 0 Å². The summed E-state index contributed by atoms with van der Waals surface area (Å²) in [5.41, 5.74) is 0.932. The highest BCUT2D eigenvalue weighted by Crippen LogP contribution is 2.37. The van der Waals surface area contributed by atoms with Gasteiger partial charge in [0.2, 0.25) is 5.76 Å². The number of nitrogens with zero attached hydrogens (tertiary/aromatic N) is 1. The molecule has 0 fully saturated rings. The largest absolute Gasteiger partial charge is 0.496 e. The van der Waals surface area contributed by atoms with Crippen molar-refractivity contribution in [1.82, 2.24) is 5.16 Å². The molecular weight excluding hydrogens is 250 g/mol. The van der Waals surface area contributed by atoms with E-state index in [1.165, 1.54) is 13.2 Å². The van der Waals surface area contributed by atoms with Gasteiger partial charge < -0.3 is 19.1 Å². The lowest BCUT2D eigenvalue weighted by atomic mass is 10.1. The second-order valence-corrected chi connectivity index (χ2v) is 3.65. The Morgan fingerprint density at radius 2 is 2.16 bits per heavy atom. The van der Waals surface area contributed by atoms with Crippen LogP contribution < -0.4 is 9.47 Å². The SMILES string of the molecule is CCOc1cccc(OC)c1-c1cc(C(=O)O)on1. The van der Waals surface area contributed by atoms with E-state index in [2.05, 4.69) is 5.16 Å². The Bertz CT molecular complexity index is 590. The predicted octanol–water partition coefficient (Wildman–Crippen LogP) is 2.45. The molecule has 0 aliphatic carbocycles. The molecule has 100 valence electrons. The second kappa shape index (κ2) is 5.43. The number of benzene rings is 1. The average molecular weight is 263 g/mol. The molecule has 2 aromatic rings. The Morgan fingerprint density at radius 3 is 2.74 bits per heavy atom. The van der Waals surface area contributed by atoms with E-state index in [-0.39, 0.29) is 5.76 Å². The Balaban J connectivity index is 2.54. The van der Waals surface area contributed by atoms with Gasteiger partial charge in [0, 0.05) is 6.07 Å². The van der Waals surface area contributed by atoms with Crippen molar-refractivity contribution in [2.24, 2.45) is 0 Å². The fourth-order valence-corrected chi connectivity index (χ4v) is 1.70. The summed E-state index contributed by atoms with van der Waals surface area (Å²) in [5.74, 6) is -0.307. The Labute approximate surface area is 109 Å². The van der Waals surface area contributed by atoms with Gasteiger partial charge in [-0.15, -0.1) is 0 Å². The zero-order valence-electron chi connectivity index (χ0n) is 10.5. The van der Waals surface area contributed by atoms with Crippen LogP contribution in [-0.2, 0) is 0 Å². The lowest BCUT2D eigenvalue weighted by Gasteiger charge is -2.11. The first-order valence-corrected chi connectivity index (χ1v) is 5.67. The van der Waals surface area contributed by atoms with E-state index in [0.717, 1.165) is 0 Å². The number of ether oxygens (including phenoxy) is 2. The molecule has 0 saturated heterocycles. The fourth-order valence-electron chi connectivity index (χ4n) is 1.70. The van der Waals surface area contributed by atoms with E-state index in [4.69, 9.17) is 19.1 Å². The number of aromatic nitrogens is 1. The van der Waals surface area contributed by atoms with Gasteiger partial charge in [-0.25, -0.2) is 4.79 Å². The van der Waals surface area contributed by atoms with Crippen LogP contribution in [0.25, 0.3) is 11.3 Å². The van der Waals surface area contributed by atoms with Gasteiger partial charge in [-0.2, -0.15) is 0 Å². The Kier molecular flexibility index (Phi) is 3.70. The van der Waals surface area contributed by atoms with Crippen molar-refractivity contribution in [3.8, 4) is 22.8 Å². The lowest BCUT2D eigenvalue weighted by Crippen LogP contribution is -1.97. The maximum atomic E-state index is 10.8. The summed E-state index contributed by atoms with van der Waals surface area (Å²) >= 11 is 0. The minimum atomic E-state index is -1.17. The van der Waals surface area contributed by atoms with Gasteiger partial charge in [0.15, 0.2) is 0 Å². The second-order valence-electron chi connectivity index (χ2n) is 3.65. The molecule has 19 heavy (non-hydrogen) atoms. The zero-order chi connectivity index (χ0) is 13.8. The van der Waals surface area contributed by atoms with Gasteiger partial charge in [-0.3, -0.25) is 0 Å². The summed E-state index contributed by atoms with van der Waals surface area (Å²) in [4.78, 5) is 10.8. The molecule has 0 atom stereocenters. The molecule has 0 amide bonds. The normalized spacial score (nSPS) is 10.2. The third kappa shape index (κ3) is 2.52. The van der Waals surface area contributed by atoms with Crippen LogP contribution in [0.2, 0.25) is 0 Å². The van der Waals surface area contributed by atoms with E-state index in [0.29, 0.717) is 29.4 Å². The summed E-state index contributed by atoms with van der Waals surface area (Å²) < 4.78 is 15.5. The van der Waals surface area contributed by atoms with Crippen LogP contribution in [0, 0.1) is 0 Å². The van der Waals surface area contributed by atoms with Crippen LogP contribution in [-0.4, -0.2) is 29.9 Å². The summed E-state index contributed by atoms with van der Waals surface area (Å²) in [6.45, 7) is 2.33. The van der Waals surface area contributed by atoms with Gasteiger partial charge in [0.25, 0.3) is 0 Å². The first-order valence-electron chi connectivity index (χ1n) is 5.67. The molecule has 0 radical (unpaired) electrons. The number of methoxy groups -OCH3 is 1. The zero-order valence-corrected chi connectivity index (χ0v) is 10.5. The Morgan fingerprint density at radius 1 is 1.42 bits per heavy atom. The molecule has 2 rings (SSSR count). The fraction of sp³-hybridized carbons (Fsp3) is 0.231. The molecule has 6 nitrogen and oxygen atoms in total. The van der Waals surface area contributed by atoms with Gasteiger partial charge >= 0.3 is 5.97 Å². The van der Waals surface area contributed by atoms with Crippen molar-refractivity contribution in [2.75, 3.05) is 13.7 Å². The first-order chi connectivity index (χ1) is 9.17. The van der Waals surface area contributed by atoms with E-state index >= 15 is 0 Å². The topological polar surface area (TPSA) is 81.8 Å². The van der Waals surface area contributed by atoms with E-state index in [1.54, 1.807) is 18.2 Å². The van der Waals surface area contributed by atoms with Crippen LogP contribution >= 0.6 is 0 Å². The third-order valence-electron chi connectivity index (χ3n) is 2.48. The molecule has 1 aromatic heterocycles. The van der Waals surface area contributed by atoms with Gasteiger partial charge in [-0.05, 0) is 19.1 Å². The van der Waals surface area contributed by atoms with E-state index < -0.39 is 5.97 Å². The average Bonchev–Trinajstić information content (AvgIpc) is 2.88. The van der Waals surface area contributed by atoms with Crippen LogP contribution in [0.4, 0.5) is 0 Å². The molecule has 1 heterocycles. The molecule has 6 heteroatoms. The van der Waals surface area contributed by atoms with Crippen LogP contribution in [0.3, 0.4) is 0 Å². The summed E-state index contributed by atoms with van der Waals surface area (Å²) in [6, 6.07) is 6.62. The highest BCUT2D eigenvalue weighted by molar-refractivity contribution is 5.86. The van der Waals surface area contributed by atoms with Gasteiger partial charge in [0.05, 0.1) is 19.3 Å². The van der Waals surface area contributed by atoms with Crippen LogP contribution in [0.5, 0.6) is 11.5 Å². The monoisotopic (exact) mass is 263 g/mol. The van der Waals surface area contributed by atoms with Gasteiger partial charge in [0.1, 0.15) is 17.2 Å². The van der Waals surface area contributed by atoms with Crippen molar-refractivity contribution in [3.05, 3.63) is 30.0 Å². The molecule has 0 spiro atoms. The van der Waals surface area contributed by atoms with E-state index in [9.17, 15) is 4.79 Å². The first kappa shape index (κ1) is 12.9. The summed E-state index contributed by atoms with van der Waals surface area (Å²) in [6.07, 6.45) is 0. The maximum absolute atomic E-state index is 10.8. The number of hydrogen-bond acceptors (Lipinski definition) is 5. The van der Waals surface area contributed by atoms with Crippen molar-refractivity contribution < 1.29 is 23.9 Å².